The number of hydrogen-bond donors (Lipinski definition) is 0. The van der Waals surface area contributed by atoms with Gasteiger partial charge in [0.25, 0.3) is 0 Å². The molecule has 4 heterocycles. The van der Waals surface area contributed by atoms with Crippen LogP contribution >= 0.6 is 0 Å². The Bertz CT molecular complexity index is 1100. The van der Waals surface area contributed by atoms with E-state index in [1.165, 1.54) is 17.7 Å². The normalized spacial score (nSPS) is 18.2. The Kier molecular flexibility index (Phi) is 5.23. The minimum atomic E-state index is -0.253. The van der Waals surface area contributed by atoms with Crippen molar-refractivity contribution in [2.45, 2.75) is 64.5 Å². The van der Waals surface area contributed by atoms with Crippen LogP contribution in [-0.2, 0) is 25.9 Å². The van der Waals surface area contributed by atoms with Gasteiger partial charge in [0.1, 0.15) is 23.0 Å². The van der Waals surface area contributed by atoms with Crippen molar-refractivity contribution in [1.82, 2.24) is 19.2 Å². The molecule has 2 aliphatic rings. The van der Waals surface area contributed by atoms with E-state index in [1.54, 1.807) is 4.68 Å². The van der Waals surface area contributed by atoms with Gasteiger partial charge in [-0.3, -0.25) is 4.57 Å². The molecule has 1 saturated heterocycles. The fourth-order valence-electron chi connectivity index (χ4n) is 5.13. The number of hydrogen-bond acceptors (Lipinski definition) is 4. The number of benzene rings is 1. The first-order valence-corrected chi connectivity index (χ1v) is 11.2. The van der Waals surface area contributed by atoms with Crippen LogP contribution in [0.1, 0.15) is 55.7 Å². The molecule has 1 fully saturated rings. The van der Waals surface area contributed by atoms with Crippen molar-refractivity contribution in [2.75, 3.05) is 19.6 Å². The van der Waals surface area contributed by atoms with Crippen LogP contribution in [0.3, 0.4) is 0 Å². The Balaban J connectivity index is 1.25. The summed E-state index contributed by atoms with van der Waals surface area (Å²) in [6.07, 6.45) is 6.02. The van der Waals surface area contributed by atoms with Gasteiger partial charge >= 0.3 is 5.69 Å². The van der Waals surface area contributed by atoms with E-state index in [4.69, 9.17) is 4.42 Å². The quantitative estimate of drug-likeness (QED) is 0.641. The second-order valence-corrected chi connectivity index (χ2v) is 8.58. The molecule has 0 atom stereocenters. The molecule has 0 saturated carbocycles. The van der Waals surface area contributed by atoms with E-state index >= 15 is 0 Å². The molecule has 0 radical (unpaired) electrons. The molecule has 6 nitrogen and oxygen atoms in total. The van der Waals surface area contributed by atoms with Gasteiger partial charge in [-0.05, 0) is 56.8 Å². The van der Waals surface area contributed by atoms with Crippen molar-refractivity contribution in [3.05, 3.63) is 51.6 Å². The van der Waals surface area contributed by atoms with Gasteiger partial charge in [0.2, 0.25) is 0 Å². The molecule has 7 heteroatoms. The Morgan fingerprint density at radius 3 is 2.77 bits per heavy atom. The fraction of sp³-hybridized carbons (Fsp3) is 0.565. The number of likely N-dealkylation sites (tertiary alicyclic amines) is 1. The molecule has 0 N–H and O–H groups in total. The molecular formula is C23H29FN4O2. The predicted octanol–water partition coefficient (Wildman–Crippen LogP) is 3.71. The third-order valence-corrected chi connectivity index (χ3v) is 6.74. The van der Waals surface area contributed by atoms with Gasteiger partial charge in [0.15, 0.2) is 0 Å². The third kappa shape index (κ3) is 3.49. The Labute approximate surface area is 175 Å². The van der Waals surface area contributed by atoms with E-state index < -0.39 is 0 Å². The summed E-state index contributed by atoms with van der Waals surface area (Å²) in [6, 6.07) is 4.88. The SMILES string of the molecule is CCc1oc2cc(F)ccc2c1C1CCN(CCn2nc3n(c2=O)CCCC3)CC1. The highest BCUT2D eigenvalue weighted by molar-refractivity contribution is 5.83. The van der Waals surface area contributed by atoms with Gasteiger partial charge in [-0.1, -0.05) is 6.92 Å². The minimum Gasteiger partial charge on any atom is -0.461 e. The number of halogens is 1. The van der Waals surface area contributed by atoms with Crippen molar-refractivity contribution >= 4 is 11.0 Å². The minimum absolute atomic E-state index is 0.0456. The Morgan fingerprint density at radius 2 is 2.00 bits per heavy atom. The number of aryl methyl sites for hydroxylation is 2. The van der Waals surface area contributed by atoms with Crippen LogP contribution in [-0.4, -0.2) is 38.9 Å². The van der Waals surface area contributed by atoms with Crippen LogP contribution in [0, 0.1) is 5.82 Å². The number of fused-ring (bicyclic) bond motifs is 2. The lowest BCUT2D eigenvalue weighted by molar-refractivity contribution is 0.201. The van der Waals surface area contributed by atoms with Gasteiger partial charge < -0.3 is 9.32 Å². The Hall–Kier alpha value is -2.41. The molecule has 5 rings (SSSR count). The highest BCUT2D eigenvalue weighted by Crippen LogP contribution is 2.38. The van der Waals surface area contributed by atoms with Crippen LogP contribution in [0.15, 0.2) is 27.4 Å². The molecule has 0 amide bonds. The van der Waals surface area contributed by atoms with Gasteiger partial charge in [0.05, 0.1) is 6.54 Å². The van der Waals surface area contributed by atoms with E-state index in [0.717, 1.165) is 81.7 Å². The molecule has 2 aromatic heterocycles. The molecule has 0 spiro atoms. The zero-order valence-corrected chi connectivity index (χ0v) is 17.6. The van der Waals surface area contributed by atoms with E-state index in [9.17, 15) is 9.18 Å². The van der Waals surface area contributed by atoms with Crippen molar-refractivity contribution in [2.24, 2.45) is 0 Å². The van der Waals surface area contributed by atoms with E-state index in [0.29, 0.717) is 18.0 Å². The van der Waals surface area contributed by atoms with E-state index in [1.807, 2.05) is 10.6 Å². The number of nitrogens with zero attached hydrogens (tertiary/aromatic N) is 4. The summed E-state index contributed by atoms with van der Waals surface area (Å²) in [5.41, 5.74) is 1.97. The Morgan fingerprint density at radius 1 is 1.17 bits per heavy atom. The van der Waals surface area contributed by atoms with Crippen molar-refractivity contribution < 1.29 is 8.81 Å². The van der Waals surface area contributed by atoms with Gasteiger partial charge in [-0.25, -0.2) is 13.9 Å². The molecule has 0 unspecified atom stereocenters. The molecule has 160 valence electrons. The summed E-state index contributed by atoms with van der Waals surface area (Å²) in [5.74, 6) is 2.12. The number of piperidine rings is 1. The molecule has 1 aromatic carbocycles. The lowest BCUT2D eigenvalue weighted by Gasteiger charge is -2.32. The topological polar surface area (TPSA) is 56.2 Å². The first-order valence-electron chi connectivity index (χ1n) is 11.2. The van der Waals surface area contributed by atoms with Crippen LogP contribution in [0.4, 0.5) is 4.39 Å². The summed E-state index contributed by atoms with van der Waals surface area (Å²) in [6.45, 7) is 6.38. The zero-order chi connectivity index (χ0) is 20.7. The maximum absolute atomic E-state index is 13.6. The smallest absolute Gasteiger partial charge is 0.345 e. The van der Waals surface area contributed by atoms with Gasteiger partial charge in [-0.15, -0.1) is 0 Å². The maximum atomic E-state index is 13.6. The van der Waals surface area contributed by atoms with E-state index in [2.05, 4.69) is 16.9 Å². The molecule has 0 aliphatic carbocycles. The second kappa shape index (κ2) is 8.02. The number of rotatable bonds is 5. The largest absolute Gasteiger partial charge is 0.461 e. The fourth-order valence-corrected chi connectivity index (χ4v) is 5.13. The average molecular weight is 413 g/mol. The summed E-state index contributed by atoms with van der Waals surface area (Å²) >= 11 is 0. The molecule has 30 heavy (non-hydrogen) atoms. The molecule has 3 aromatic rings. The van der Waals surface area contributed by atoms with Crippen molar-refractivity contribution in [3.8, 4) is 0 Å². The second-order valence-electron chi connectivity index (χ2n) is 8.58. The molecular weight excluding hydrogens is 383 g/mol. The summed E-state index contributed by atoms with van der Waals surface area (Å²) in [5, 5.41) is 5.61. The zero-order valence-electron chi connectivity index (χ0n) is 17.6. The highest BCUT2D eigenvalue weighted by Gasteiger charge is 2.27. The first kappa shape index (κ1) is 19.5. The van der Waals surface area contributed by atoms with Crippen molar-refractivity contribution in [1.29, 1.82) is 0 Å². The van der Waals surface area contributed by atoms with Crippen LogP contribution < -0.4 is 5.69 Å². The number of aromatic nitrogens is 3. The van der Waals surface area contributed by atoms with Crippen molar-refractivity contribution in [3.63, 3.8) is 0 Å². The average Bonchev–Trinajstić information content (AvgIpc) is 3.29. The molecule has 0 bridgehead atoms. The van der Waals surface area contributed by atoms with Crippen LogP contribution in [0.25, 0.3) is 11.0 Å². The van der Waals surface area contributed by atoms with Crippen LogP contribution in [0.5, 0.6) is 0 Å². The monoisotopic (exact) mass is 412 g/mol. The summed E-state index contributed by atoms with van der Waals surface area (Å²) in [7, 11) is 0. The van der Waals surface area contributed by atoms with Crippen LogP contribution in [0.2, 0.25) is 0 Å². The maximum Gasteiger partial charge on any atom is 0.345 e. The lowest BCUT2D eigenvalue weighted by Crippen LogP contribution is -2.37. The number of furan rings is 1. The van der Waals surface area contributed by atoms with E-state index in [-0.39, 0.29) is 11.5 Å². The predicted molar refractivity (Wildman–Crippen MR) is 113 cm³/mol. The molecule has 2 aliphatic heterocycles. The first-order chi connectivity index (χ1) is 14.6. The third-order valence-electron chi connectivity index (χ3n) is 6.74. The highest BCUT2D eigenvalue weighted by atomic mass is 19.1. The summed E-state index contributed by atoms with van der Waals surface area (Å²) in [4.78, 5) is 14.9. The standard InChI is InChI=1S/C23H29FN4O2/c1-2-19-22(18-7-6-17(24)15-20(18)30-19)16-8-11-26(12-9-16)13-14-28-23(29)27-10-4-3-5-21(27)25-28/h6-7,15-16H,2-5,8-14H2,1H3. The summed E-state index contributed by atoms with van der Waals surface area (Å²) < 4.78 is 23.1. The lowest BCUT2D eigenvalue weighted by atomic mass is 9.87. The van der Waals surface area contributed by atoms with Gasteiger partial charge in [-0.2, -0.15) is 5.10 Å². The van der Waals surface area contributed by atoms with Gasteiger partial charge in [0, 0.05) is 42.9 Å².